The Morgan fingerprint density at radius 1 is 1.53 bits per heavy atom. The van der Waals surface area contributed by atoms with Crippen LogP contribution in [0.3, 0.4) is 0 Å². The Morgan fingerprint density at radius 3 is 2.94 bits per heavy atom. The normalized spacial score (nSPS) is 17.7. The van der Waals surface area contributed by atoms with Crippen LogP contribution in [0.25, 0.3) is 0 Å². The van der Waals surface area contributed by atoms with Gasteiger partial charge in [-0.2, -0.15) is 0 Å². The number of hydrogen-bond acceptors (Lipinski definition) is 3. The number of rotatable bonds is 6. The zero-order valence-electron chi connectivity index (χ0n) is 10.7. The highest BCUT2D eigenvalue weighted by Gasteiger charge is 2.27. The molecular formula is C14H23N3. The highest BCUT2D eigenvalue weighted by Crippen LogP contribution is 2.31. The maximum absolute atomic E-state index is 5.99. The summed E-state index contributed by atoms with van der Waals surface area (Å²) in [5, 5.41) is 3.66. The summed E-state index contributed by atoms with van der Waals surface area (Å²) in [6.07, 6.45) is 9.99. The summed E-state index contributed by atoms with van der Waals surface area (Å²) in [5.74, 6) is 0.834. The van der Waals surface area contributed by atoms with E-state index < -0.39 is 0 Å². The number of nitrogens with one attached hydrogen (secondary N) is 1. The molecule has 1 heterocycles. The summed E-state index contributed by atoms with van der Waals surface area (Å²) in [6, 6.07) is 2.47. The topological polar surface area (TPSA) is 50.9 Å². The average molecular weight is 233 g/mol. The number of nitrogens with zero attached hydrogens (tertiary/aromatic N) is 1. The molecule has 0 radical (unpaired) electrons. The number of aromatic nitrogens is 1. The molecule has 1 aliphatic rings. The molecule has 1 fully saturated rings. The second kappa shape index (κ2) is 6.01. The third kappa shape index (κ3) is 3.19. The standard InChI is InChI=1S/C14H23N3/c1-2-7-17-14(11-4-3-5-11)9-12-10-16-8-6-13(12)15/h6,8,10-11,14,17H,2-5,7,9H2,1H3,(H2,15,16). The molecule has 17 heavy (non-hydrogen) atoms. The highest BCUT2D eigenvalue weighted by molar-refractivity contribution is 5.44. The van der Waals surface area contributed by atoms with Crippen LogP contribution >= 0.6 is 0 Å². The Kier molecular flexibility index (Phi) is 4.37. The van der Waals surface area contributed by atoms with Crippen LogP contribution < -0.4 is 11.1 Å². The van der Waals surface area contributed by atoms with Gasteiger partial charge in [0.25, 0.3) is 0 Å². The van der Waals surface area contributed by atoms with Gasteiger partial charge in [-0.1, -0.05) is 13.3 Å². The minimum atomic E-state index is 0.579. The van der Waals surface area contributed by atoms with Crippen molar-refractivity contribution in [1.82, 2.24) is 10.3 Å². The zero-order chi connectivity index (χ0) is 12.1. The lowest BCUT2D eigenvalue weighted by atomic mass is 9.77. The molecule has 0 aromatic carbocycles. The Labute approximate surface area is 104 Å². The molecule has 0 bridgehead atoms. The first-order valence-electron chi connectivity index (χ1n) is 6.73. The van der Waals surface area contributed by atoms with Crippen molar-refractivity contribution < 1.29 is 0 Å². The van der Waals surface area contributed by atoms with Crippen LogP contribution in [0.5, 0.6) is 0 Å². The van der Waals surface area contributed by atoms with Crippen LogP contribution in [0.1, 0.15) is 38.2 Å². The predicted octanol–water partition coefficient (Wildman–Crippen LogP) is 2.37. The van der Waals surface area contributed by atoms with E-state index in [-0.39, 0.29) is 0 Å². The lowest BCUT2D eigenvalue weighted by Crippen LogP contribution is -2.41. The first-order chi connectivity index (χ1) is 8.31. The van der Waals surface area contributed by atoms with Crippen LogP contribution in [0.4, 0.5) is 5.69 Å². The fraction of sp³-hybridized carbons (Fsp3) is 0.643. The van der Waals surface area contributed by atoms with Gasteiger partial charge >= 0.3 is 0 Å². The summed E-state index contributed by atoms with van der Waals surface area (Å²) in [5.41, 5.74) is 8.05. The fourth-order valence-electron chi connectivity index (χ4n) is 2.42. The number of pyridine rings is 1. The number of anilines is 1. The van der Waals surface area contributed by atoms with E-state index >= 15 is 0 Å². The second-order valence-corrected chi connectivity index (χ2v) is 5.03. The van der Waals surface area contributed by atoms with E-state index in [1.54, 1.807) is 6.20 Å². The van der Waals surface area contributed by atoms with Gasteiger partial charge in [0.05, 0.1) is 0 Å². The molecule has 1 aromatic rings. The maximum Gasteiger partial charge on any atom is 0.0378 e. The Bertz CT molecular complexity index is 347. The lowest BCUT2D eigenvalue weighted by molar-refractivity contribution is 0.227. The Hall–Kier alpha value is -1.09. The van der Waals surface area contributed by atoms with Crippen molar-refractivity contribution in [2.75, 3.05) is 12.3 Å². The van der Waals surface area contributed by atoms with Gasteiger partial charge < -0.3 is 11.1 Å². The average Bonchev–Trinajstić information content (AvgIpc) is 2.26. The lowest BCUT2D eigenvalue weighted by Gasteiger charge is -2.34. The van der Waals surface area contributed by atoms with E-state index in [2.05, 4.69) is 17.2 Å². The molecule has 0 spiro atoms. The number of nitrogen functional groups attached to an aromatic ring is 1. The third-order valence-corrected chi connectivity index (χ3v) is 3.76. The van der Waals surface area contributed by atoms with E-state index in [0.717, 1.165) is 24.6 Å². The van der Waals surface area contributed by atoms with Gasteiger partial charge in [0, 0.05) is 24.1 Å². The molecule has 1 saturated carbocycles. The largest absolute Gasteiger partial charge is 0.398 e. The van der Waals surface area contributed by atoms with Crippen LogP contribution in [0, 0.1) is 5.92 Å². The SMILES string of the molecule is CCCNC(Cc1cnccc1N)C1CCC1. The molecule has 3 nitrogen and oxygen atoms in total. The van der Waals surface area contributed by atoms with Gasteiger partial charge in [0.15, 0.2) is 0 Å². The van der Waals surface area contributed by atoms with Crippen molar-refractivity contribution in [2.45, 2.75) is 45.1 Å². The predicted molar refractivity (Wildman–Crippen MR) is 71.8 cm³/mol. The van der Waals surface area contributed by atoms with Crippen molar-refractivity contribution in [3.05, 3.63) is 24.0 Å². The fourth-order valence-corrected chi connectivity index (χ4v) is 2.42. The molecule has 0 aliphatic heterocycles. The summed E-state index contributed by atoms with van der Waals surface area (Å²) in [6.45, 7) is 3.31. The molecule has 2 rings (SSSR count). The molecule has 1 atom stereocenters. The van der Waals surface area contributed by atoms with Crippen molar-refractivity contribution in [3.63, 3.8) is 0 Å². The van der Waals surface area contributed by atoms with Crippen LogP contribution in [0.15, 0.2) is 18.5 Å². The summed E-state index contributed by atoms with van der Waals surface area (Å²) in [4.78, 5) is 4.17. The van der Waals surface area contributed by atoms with Gasteiger partial charge in [-0.05, 0) is 49.8 Å². The first kappa shape index (κ1) is 12.4. The second-order valence-electron chi connectivity index (χ2n) is 5.03. The highest BCUT2D eigenvalue weighted by atomic mass is 14.9. The summed E-state index contributed by atoms with van der Waals surface area (Å²) >= 11 is 0. The summed E-state index contributed by atoms with van der Waals surface area (Å²) < 4.78 is 0. The zero-order valence-corrected chi connectivity index (χ0v) is 10.7. The number of nitrogens with two attached hydrogens (primary N) is 1. The monoisotopic (exact) mass is 233 g/mol. The first-order valence-corrected chi connectivity index (χ1v) is 6.73. The molecule has 1 aliphatic carbocycles. The molecular weight excluding hydrogens is 210 g/mol. The molecule has 94 valence electrons. The van der Waals surface area contributed by atoms with E-state index in [0.29, 0.717) is 6.04 Å². The van der Waals surface area contributed by atoms with Crippen molar-refractivity contribution in [3.8, 4) is 0 Å². The third-order valence-electron chi connectivity index (χ3n) is 3.76. The van der Waals surface area contributed by atoms with Crippen molar-refractivity contribution in [2.24, 2.45) is 5.92 Å². The number of hydrogen-bond donors (Lipinski definition) is 2. The minimum Gasteiger partial charge on any atom is -0.398 e. The Morgan fingerprint density at radius 2 is 2.35 bits per heavy atom. The van der Waals surface area contributed by atoms with Gasteiger partial charge in [0.1, 0.15) is 0 Å². The van der Waals surface area contributed by atoms with Gasteiger partial charge in [-0.3, -0.25) is 4.98 Å². The minimum absolute atomic E-state index is 0.579. The molecule has 0 amide bonds. The molecule has 3 N–H and O–H groups in total. The summed E-state index contributed by atoms with van der Waals surface area (Å²) in [7, 11) is 0. The molecule has 1 aromatic heterocycles. The van der Waals surface area contributed by atoms with E-state index in [1.807, 2.05) is 12.3 Å². The van der Waals surface area contributed by atoms with Crippen LogP contribution in [-0.2, 0) is 6.42 Å². The Balaban J connectivity index is 1.98. The smallest absolute Gasteiger partial charge is 0.0378 e. The van der Waals surface area contributed by atoms with E-state index in [4.69, 9.17) is 5.73 Å². The maximum atomic E-state index is 5.99. The van der Waals surface area contributed by atoms with Crippen LogP contribution in [0.2, 0.25) is 0 Å². The van der Waals surface area contributed by atoms with Gasteiger partial charge in [-0.25, -0.2) is 0 Å². The molecule has 1 unspecified atom stereocenters. The van der Waals surface area contributed by atoms with Crippen LogP contribution in [-0.4, -0.2) is 17.6 Å². The van der Waals surface area contributed by atoms with Crippen molar-refractivity contribution >= 4 is 5.69 Å². The van der Waals surface area contributed by atoms with E-state index in [1.165, 1.54) is 31.2 Å². The molecule has 0 saturated heterocycles. The molecule has 3 heteroatoms. The van der Waals surface area contributed by atoms with E-state index in [9.17, 15) is 0 Å². The van der Waals surface area contributed by atoms with Gasteiger partial charge in [0.2, 0.25) is 0 Å². The van der Waals surface area contributed by atoms with Gasteiger partial charge in [-0.15, -0.1) is 0 Å². The van der Waals surface area contributed by atoms with Crippen molar-refractivity contribution in [1.29, 1.82) is 0 Å². The quantitative estimate of drug-likeness (QED) is 0.793.